The molecule has 0 saturated carbocycles. The van der Waals surface area contributed by atoms with Crippen LogP contribution in [0.3, 0.4) is 0 Å². The van der Waals surface area contributed by atoms with Gasteiger partial charge in [-0.25, -0.2) is 8.78 Å². The van der Waals surface area contributed by atoms with Gasteiger partial charge in [-0.1, -0.05) is 17.8 Å². The van der Waals surface area contributed by atoms with Crippen LogP contribution in [0.5, 0.6) is 0 Å². The van der Waals surface area contributed by atoms with Gasteiger partial charge in [-0.05, 0) is 52.9 Å². The van der Waals surface area contributed by atoms with E-state index in [1.54, 1.807) is 12.1 Å². The van der Waals surface area contributed by atoms with E-state index in [4.69, 9.17) is 0 Å². The van der Waals surface area contributed by atoms with E-state index in [0.29, 0.717) is 16.4 Å². The smallest absolute Gasteiger partial charge is 0.214 e. The number of hydrogen-bond donors (Lipinski definition) is 0. The van der Waals surface area contributed by atoms with Gasteiger partial charge in [-0.3, -0.25) is 4.79 Å². The highest BCUT2D eigenvalue weighted by atomic mass is 32.2. The molecule has 1 heterocycles. The van der Waals surface area contributed by atoms with E-state index >= 15 is 0 Å². The Morgan fingerprint density at radius 2 is 1.87 bits per heavy atom. The van der Waals surface area contributed by atoms with Crippen molar-refractivity contribution < 1.29 is 13.6 Å². The Morgan fingerprint density at radius 1 is 1.09 bits per heavy atom. The first-order valence-corrected chi connectivity index (χ1v) is 7.58. The monoisotopic (exact) mass is 332 g/mol. The second-order valence-electron chi connectivity index (χ2n) is 4.57. The van der Waals surface area contributed by atoms with Crippen molar-refractivity contribution in [2.24, 2.45) is 0 Å². The van der Waals surface area contributed by atoms with Crippen LogP contribution in [0.25, 0.3) is 5.69 Å². The number of tetrazole rings is 1. The summed E-state index contributed by atoms with van der Waals surface area (Å²) in [6.07, 6.45) is 0. The maximum Gasteiger partial charge on any atom is 0.214 e. The molecule has 3 rings (SSSR count). The molecule has 1 aromatic heterocycles. The van der Waals surface area contributed by atoms with Crippen LogP contribution in [-0.2, 0) is 0 Å². The highest BCUT2D eigenvalue weighted by Gasteiger charge is 2.13. The Kier molecular flexibility index (Phi) is 4.42. The molecule has 0 aliphatic heterocycles. The lowest BCUT2D eigenvalue weighted by molar-refractivity contribution is 0.102. The van der Waals surface area contributed by atoms with Gasteiger partial charge in [0.2, 0.25) is 5.16 Å². The van der Waals surface area contributed by atoms with Gasteiger partial charge in [-0.2, -0.15) is 4.68 Å². The summed E-state index contributed by atoms with van der Waals surface area (Å²) in [7, 11) is 0. The molecule has 0 unspecified atom stereocenters. The Labute approximate surface area is 134 Å². The lowest BCUT2D eigenvalue weighted by Gasteiger charge is -2.04. The van der Waals surface area contributed by atoms with Crippen molar-refractivity contribution in [3.63, 3.8) is 0 Å². The first-order chi connectivity index (χ1) is 11.1. The van der Waals surface area contributed by atoms with Gasteiger partial charge in [0.1, 0.15) is 11.6 Å². The van der Waals surface area contributed by atoms with Crippen molar-refractivity contribution in [3.05, 3.63) is 65.7 Å². The molecular weight excluding hydrogens is 322 g/mol. The van der Waals surface area contributed by atoms with Crippen molar-refractivity contribution in [1.82, 2.24) is 20.2 Å². The first-order valence-electron chi connectivity index (χ1n) is 6.59. The third-order valence-electron chi connectivity index (χ3n) is 2.99. The Morgan fingerprint density at radius 3 is 2.61 bits per heavy atom. The van der Waals surface area contributed by atoms with Crippen molar-refractivity contribution in [3.8, 4) is 5.69 Å². The molecule has 0 radical (unpaired) electrons. The van der Waals surface area contributed by atoms with Crippen LogP contribution < -0.4 is 0 Å². The number of nitrogens with zero attached hydrogens (tertiary/aromatic N) is 4. The molecule has 0 fully saturated rings. The van der Waals surface area contributed by atoms with Crippen LogP contribution in [0, 0.1) is 11.6 Å². The Balaban J connectivity index is 1.73. The molecule has 5 nitrogen and oxygen atoms in total. The van der Waals surface area contributed by atoms with Crippen LogP contribution in [0.2, 0.25) is 0 Å². The number of ketones is 1. The number of carbonyl (C=O) groups is 1. The van der Waals surface area contributed by atoms with Gasteiger partial charge >= 0.3 is 0 Å². The Hall–Kier alpha value is -2.61. The molecule has 0 spiro atoms. The summed E-state index contributed by atoms with van der Waals surface area (Å²) < 4.78 is 27.5. The molecule has 0 atom stereocenters. The van der Waals surface area contributed by atoms with Gasteiger partial charge in [0.25, 0.3) is 0 Å². The normalized spacial score (nSPS) is 10.7. The topological polar surface area (TPSA) is 60.7 Å². The number of hydrogen-bond acceptors (Lipinski definition) is 5. The molecule has 0 amide bonds. The maximum atomic E-state index is 13.3. The van der Waals surface area contributed by atoms with Crippen LogP contribution in [0.4, 0.5) is 8.78 Å². The summed E-state index contributed by atoms with van der Waals surface area (Å²) in [4.78, 5) is 12.1. The summed E-state index contributed by atoms with van der Waals surface area (Å²) in [6, 6.07) is 11.1. The fraction of sp³-hybridized carbons (Fsp3) is 0.0667. The summed E-state index contributed by atoms with van der Waals surface area (Å²) in [6.45, 7) is 0. The standard InChI is InChI=1S/C15H10F2N4OS/c16-11-6-4-10(5-7-11)14(22)9-23-15-18-19-20-21(15)13-3-1-2-12(17)8-13/h1-8H,9H2. The number of rotatable bonds is 5. The molecule has 8 heteroatoms. The van der Waals surface area contributed by atoms with Crippen LogP contribution in [-0.4, -0.2) is 31.7 Å². The second-order valence-corrected chi connectivity index (χ2v) is 5.51. The molecular formula is C15H10F2N4OS. The predicted molar refractivity (Wildman–Crippen MR) is 80.6 cm³/mol. The lowest BCUT2D eigenvalue weighted by atomic mass is 10.1. The number of aromatic nitrogens is 4. The van der Waals surface area contributed by atoms with Crippen molar-refractivity contribution in [2.75, 3.05) is 5.75 Å². The van der Waals surface area contributed by atoms with E-state index in [0.717, 1.165) is 11.8 Å². The molecule has 0 aliphatic rings. The highest BCUT2D eigenvalue weighted by Crippen LogP contribution is 2.20. The van der Waals surface area contributed by atoms with E-state index in [9.17, 15) is 13.6 Å². The number of thioether (sulfide) groups is 1. The summed E-state index contributed by atoms with van der Waals surface area (Å²) in [5, 5.41) is 11.5. The summed E-state index contributed by atoms with van der Waals surface area (Å²) in [5.41, 5.74) is 0.871. The third-order valence-corrected chi connectivity index (χ3v) is 3.91. The minimum Gasteiger partial charge on any atom is -0.293 e. The van der Waals surface area contributed by atoms with Crippen LogP contribution in [0.15, 0.2) is 53.7 Å². The first kappa shape index (κ1) is 15.3. The van der Waals surface area contributed by atoms with E-state index in [1.807, 2.05) is 0 Å². The number of carbonyl (C=O) groups excluding carboxylic acids is 1. The third kappa shape index (κ3) is 3.59. The van der Waals surface area contributed by atoms with E-state index < -0.39 is 11.6 Å². The van der Waals surface area contributed by atoms with Gasteiger partial charge in [-0.15, -0.1) is 5.10 Å². The molecule has 2 aromatic carbocycles. The number of Topliss-reactive ketones (excluding diaryl/α,β-unsaturated/α-hetero) is 1. The maximum absolute atomic E-state index is 13.3. The van der Waals surface area contributed by atoms with Gasteiger partial charge in [0, 0.05) is 5.56 Å². The van der Waals surface area contributed by atoms with E-state index in [1.165, 1.54) is 41.1 Å². The van der Waals surface area contributed by atoms with Gasteiger partial charge < -0.3 is 0 Å². The molecule has 23 heavy (non-hydrogen) atoms. The zero-order valence-corrected chi connectivity index (χ0v) is 12.5. The lowest BCUT2D eigenvalue weighted by Crippen LogP contribution is -2.05. The van der Waals surface area contributed by atoms with Crippen molar-refractivity contribution >= 4 is 17.5 Å². The average Bonchev–Trinajstić information content (AvgIpc) is 3.02. The van der Waals surface area contributed by atoms with Crippen LogP contribution >= 0.6 is 11.8 Å². The fourth-order valence-electron chi connectivity index (χ4n) is 1.89. The molecule has 0 aliphatic carbocycles. The number of halogens is 2. The largest absolute Gasteiger partial charge is 0.293 e. The van der Waals surface area contributed by atoms with Crippen molar-refractivity contribution in [1.29, 1.82) is 0 Å². The SMILES string of the molecule is O=C(CSc1nnnn1-c1cccc(F)c1)c1ccc(F)cc1. The number of benzene rings is 2. The van der Waals surface area contributed by atoms with Crippen LogP contribution in [0.1, 0.15) is 10.4 Å². The average molecular weight is 332 g/mol. The Bertz CT molecular complexity index is 836. The summed E-state index contributed by atoms with van der Waals surface area (Å²) >= 11 is 1.12. The fourth-order valence-corrected chi connectivity index (χ4v) is 2.67. The summed E-state index contributed by atoms with van der Waals surface area (Å²) in [5.74, 6) is -0.897. The minimum atomic E-state index is -0.406. The minimum absolute atomic E-state index is 0.0846. The zero-order valence-electron chi connectivity index (χ0n) is 11.7. The van der Waals surface area contributed by atoms with Gasteiger partial charge in [0.05, 0.1) is 11.4 Å². The molecule has 0 N–H and O–H groups in total. The predicted octanol–water partition coefficient (Wildman–Crippen LogP) is 2.92. The molecule has 0 bridgehead atoms. The second kappa shape index (κ2) is 6.66. The highest BCUT2D eigenvalue weighted by molar-refractivity contribution is 7.99. The van der Waals surface area contributed by atoms with E-state index in [-0.39, 0.29) is 11.5 Å². The van der Waals surface area contributed by atoms with E-state index in [2.05, 4.69) is 15.5 Å². The quantitative estimate of drug-likeness (QED) is 0.531. The van der Waals surface area contributed by atoms with Crippen molar-refractivity contribution in [2.45, 2.75) is 5.16 Å². The molecule has 0 saturated heterocycles. The molecule has 116 valence electrons. The zero-order chi connectivity index (χ0) is 16.2. The molecule has 3 aromatic rings. The van der Waals surface area contributed by atoms with Gasteiger partial charge in [0.15, 0.2) is 5.78 Å².